The molecule has 1 heterocycles. The molecule has 2 N–H and O–H groups in total. The van der Waals surface area contributed by atoms with Crippen LogP contribution >= 0.6 is 0 Å². The summed E-state index contributed by atoms with van der Waals surface area (Å²) in [6.07, 6.45) is 5.54. The van der Waals surface area contributed by atoms with E-state index in [9.17, 15) is 4.79 Å². The molecule has 0 saturated heterocycles. The second-order valence-electron chi connectivity index (χ2n) is 4.11. The van der Waals surface area contributed by atoms with Crippen LogP contribution < -0.4 is 16.2 Å². The second-order valence-corrected chi connectivity index (χ2v) is 4.11. The van der Waals surface area contributed by atoms with E-state index >= 15 is 0 Å². The van der Waals surface area contributed by atoms with Crippen molar-refractivity contribution in [2.45, 2.75) is 19.4 Å². The van der Waals surface area contributed by atoms with Crippen molar-refractivity contribution >= 4 is 5.96 Å². The Bertz CT molecular complexity index is 465. The van der Waals surface area contributed by atoms with E-state index in [1.807, 2.05) is 12.3 Å². The molecule has 0 spiro atoms. The Morgan fingerprint density at radius 3 is 2.95 bits per heavy atom. The minimum atomic E-state index is 0.0546. The third-order valence-corrected chi connectivity index (χ3v) is 2.65. The highest BCUT2D eigenvalue weighted by Gasteiger charge is 1.96. The van der Waals surface area contributed by atoms with Crippen LogP contribution in [0.1, 0.15) is 12.8 Å². The van der Waals surface area contributed by atoms with E-state index in [1.165, 1.54) is 0 Å². The van der Waals surface area contributed by atoms with Crippen LogP contribution in [0, 0.1) is 0 Å². The molecule has 0 fully saturated rings. The Balaban J connectivity index is 2.19. The number of aliphatic imine (C=N–C) groups is 1. The Morgan fingerprint density at radius 1 is 1.42 bits per heavy atom. The maximum absolute atomic E-state index is 11.5. The van der Waals surface area contributed by atoms with Gasteiger partial charge in [-0.05, 0) is 18.9 Å². The van der Waals surface area contributed by atoms with Gasteiger partial charge in [0.1, 0.15) is 0 Å². The van der Waals surface area contributed by atoms with Gasteiger partial charge in [-0.1, -0.05) is 12.1 Å². The lowest BCUT2D eigenvalue weighted by Crippen LogP contribution is -2.37. The molecule has 0 saturated carbocycles. The zero-order chi connectivity index (χ0) is 13.9. The van der Waals surface area contributed by atoms with E-state index in [-0.39, 0.29) is 5.56 Å². The molecule has 0 aliphatic carbocycles. The van der Waals surface area contributed by atoms with Crippen LogP contribution in [-0.4, -0.2) is 30.7 Å². The molecule has 0 aliphatic heterocycles. The molecule has 104 valence electrons. The van der Waals surface area contributed by atoms with Crippen LogP contribution in [0.15, 0.2) is 46.8 Å². The molecule has 0 atom stereocenters. The SMILES string of the molecule is C=CCNC(=NC)NCCCCn1ccccc1=O. The quantitative estimate of drug-likeness (QED) is 0.333. The molecular weight excluding hydrogens is 240 g/mol. The average Bonchev–Trinajstić information content (AvgIpc) is 2.43. The van der Waals surface area contributed by atoms with E-state index in [1.54, 1.807) is 29.8 Å². The molecule has 0 aliphatic rings. The summed E-state index contributed by atoms with van der Waals surface area (Å²) in [6.45, 7) is 5.92. The van der Waals surface area contributed by atoms with E-state index in [0.717, 1.165) is 31.9 Å². The number of guanidine groups is 1. The molecule has 5 heteroatoms. The first-order valence-corrected chi connectivity index (χ1v) is 6.49. The zero-order valence-corrected chi connectivity index (χ0v) is 11.4. The third-order valence-electron chi connectivity index (χ3n) is 2.65. The first-order valence-electron chi connectivity index (χ1n) is 6.49. The van der Waals surface area contributed by atoms with Crippen molar-refractivity contribution in [1.29, 1.82) is 0 Å². The summed E-state index contributed by atoms with van der Waals surface area (Å²) >= 11 is 0. The Hall–Kier alpha value is -2.04. The van der Waals surface area contributed by atoms with Crippen LogP contribution in [0.25, 0.3) is 0 Å². The van der Waals surface area contributed by atoms with Crippen LogP contribution in [0.4, 0.5) is 0 Å². The van der Waals surface area contributed by atoms with Gasteiger partial charge in [-0.25, -0.2) is 0 Å². The molecule has 1 aromatic rings. The molecule has 19 heavy (non-hydrogen) atoms. The van der Waals surface area contributed by atoms with Crippen molar-refractivity contribution in [3.8, 4) is 0 Å². The molecule has 0 aromatic carbocycles. The lowest BCUT2D eigenvalue weighted by molar-refractivity contribution is 0.586. The van der Waals surface area contributed by atoms with Gasteiger partial charge in [0, 0.05) is 38.9 Å². The standard InChI is InChI=1S/C14H22N4O/c1-3-9-16-14(15-2)17-10-5-7-12-18-11-6-4-8-13(18)19/h3-4,6,8,11H,1,5,7,9-10,12H2,2H3,(H2,15,16,17). The second kappa shape index (κ2) is 8.97. The molecule has 0 amide bonds. The van der Waals surface area contributed by atoms with Gasteiger partial charge in [-0.15, -0.1) is 6.58 Å². The van der Waals surface area contributed by atoms with Crippen LogP contribution in [0.5, 0.6) is 0 Å². The minimum absolute atomic E-state index is 0.0546. The highest BCUT2D eigenvalue weighted by atomic mass is 16.1. The molecule has 0 unspecified atom stereocenters. The van der Waals surface area contributed by atoms with Crippen molar-refractivity contribution in [2.24, 2.45) is 4.99 Å². The average molecular weight is 262 g/mol. The number of nitrogens with one attached hydrogen (secondary N) is 2. The van der Waals surface area contributed by atoms with Gasteiger partial charge in [-0.2, -0.15) is 0 Å². The normalized spacial score (nSPS) is 11.1. The van der Waals surface area contributed by atoms with Crippen molar-refractivity contribution in [2.75, 3.05) is 20.1 Å². The van der Waals surface area contributed by atoms with E-state index < -0.39 is 0 Å². The summed E-state index contributed by atoms with van der Waals surface area (Å²) in [5, 5.41) is 6.31. The Kier molecular flexibility index (Phi) is 7.09. The van der Waals surface area contributed by atoms with Crippen LogP contribution in [0.2, 0.25) is 0 Å². The third kappa shape index (κ3) is 5.90. The number of rotatable bonds is 7. The van der Waals surface area contributed by atoms with E-state index in [4.69, 9.17) is 0 Å². The van der Waals surface area contributed by atoms with Gasteiger partial charge < -0.3 is 15.2 Å². The lowest BCUT2D eigenvalue weighted by atomic mass is 10.3. The molecular formula is C14H22N4O. The maximum Gasteiger partial charge on any atom is 0.250 e. The fourth-order valence-corrected chi connectivity index (χ4v) is 1.65. The first-order chi connectivity index (χ1) is 9.27. The van der Waals surface area contributed by atoms with Crippen molar-refractivity contribution < 1.29 is 0 Å². The number of hydrogen-bond acceptors (Lipinski definition) is 2. The molecule has 1 aromatic heterocycles. The smallest absolute Gasteiger partial charge is 0.250 e. The summed E-state index contributed by atoms with van der Waals surface area (Å²) in [6, 6.07) is 5.22. The Labute approximate surface area is 114 Å². The fraction of sp³-hybridized carbons (Fsp3) is 0.429. The summed E-state index contributed by atoms with van der Waals surface area (Å²) in [5.74, 6) is 0.775. The van der Waals surface area contributed by atoms with Gasteiger partial charge in [-0.3, -0.25) is 9.79 Å². The largest absolute Gasteiger partial charge is 0.356 e. The number of pyridine rings is 1. The lowest BCUT2D eigenvalue weighted by Gasteiger charge is -2.10. The van der Waals surface area contributed by atoms with Gasteiger partial charge in [0.15, 0.2) is 5.96 Å². The van der Waals surface area contributed by atoms with Crippen LogP contribution in [0.3, 0.4) is 0 Å². The Morgan fingerprint density at radius 2 is 2.26 bits per heavy atom. The minimum Gasteiger partial charge on any atom is -0.356 e. The first kappa shape index (κ1) is 15.0. The van der Waals surface area contributed by atoms with Gasteiger partial charge in [0.25, 0.3) is 0 Å². The van der Waals surface area contributed by atoms with E-state index in [0.29, 0.717) is 6.54 Å². The fourth-order valence-electron chi connectivity index (χ4n) is 1.65. The van der Waals surface area contributed by atoms with Gasteiger partial charge in [0.05, 0.1) is 0 Å². The highest BCUT2D eigenvalue weighted by Crippen LogP contribution is 1.91. The monoisotopic (exact) mass is 262 g/mol. The molecule has 0 bridgehead atoms. The van der Waals surface area contributed by atoms with Crippen LogP contribution in [-0.2, 0) is 6.54 Å². The zero-order valence-electron chi connectivity index (χ0n) is 11.4. The van der Waals surface area contributed by atoms with Gasteiger partial charge in [0.2, 0.25) is 5.56 Å². The summed E-state index contributed by atoms with van der Waals surface area (Å²) < 4.78 is 1.73. The number of nitrogens with zero attached hydrogens (tertiary/aromatic N) is 2. The van der Waals surface area contributed by atoms with Crippen molar-refractivity contribution in [3.05, 3.63) is 47.4 Å². The van der Waals surface area contributed by atoms with Gasteiger partial charge >= 0.3 is 0 Å². The van der Waals surface area contributed by atoms with E-state index in [2.05, 4.69) is 22.2 Å². The number of aryl methyl sites for hydroxylation is 1. The van der Waals surface area contributed by atoms with Crippen molar-refractivity contribution in [1.82, 2.24) is 15.2 Å². The predicted octanol–water partition coefficient (Wildman–Crippen LogP) is 0.979. The summed E-state index contributed by atoms with van der Waals surface area (Å²) in [4.78, 5) is 15.6. The number of hydrogen-bond donors (Lipinski definition) is 2. The molecule has 5 nitrogen and oxygen atoms in total. The topological polar surface area (TPSA) is 58.4 Å². The summed E-state index contributed by atoms with van der Waals surface area (Å²) in [5.41, 5.74) is 0.0546. The van der Waals surface area contributed by atoms with Crippen molar-refractivity contribution in [3.63, 3.8) is 0 Å². The molecule has 0 radical (unpaired) electrons. The number of unbranched alkanes of at least 4 members (excludes halogenated alkanes) is 1. The predicted molar refractivity (Wildman–Crippen MR) is 79.5 cm³/mol. The summed E-state index contributed by atoms with van der Waals surface area (Å²) in [7, 11) is 1.74. The maximum atomic E-state index is 11.5. The molecule has 1 rings (SSSR count). The number of aromatic nitrogens is 1. The highest BCUT2D eigenvalue weighted by molar-refractivity contribution is 5.79.